The first-order valence-corrected chi connectivity index (χ1v) is 4.52. The van der Waals surface area contributed by atoms with E-state index in [1.807, 2.05) is 0 Å². The average molecular weight is 254 g/mol. The molecule has 6 heteroatoms. The van der Waals surface area contributed by atoms with Crippen LogP contribution >= 0.6 is 31.9 Å². The molecule has 0 aromatic rings. The molecule has 3 nitrogen and oxygen atoms in total. The van der Waals surface area contributed by atoms with E-state index in [0.717, 1.165) is 0 Å². The van der Waals surface area contributed by atoms with Crippen molar-refractivity contribution in [1.82, 2.24) is 0 Å². The smallest absolute Gasteiger partial charge is 0.284 e. The topological polar surface area (TPSA) is 54.4 Å². The molecule has 0 saturated carbocycles. The second-order valence-electron chi connectivity index (χ2n) is 0.776. The Morgan fingerprint density at radius 1 is 1.43 bits per heavy atom. The van der Waals surface area contributed by atoms with E-state index in [1.54, 1.807) is 0 Å². The first kappa shape index (κ1) is 7.87. The molecule has 0 fully saturated rings. The van der Waals surface area contributed by atoms with Gasteiger partial charge in [-0.05, 0) is 0 Å². The second-order valence-corrected chi connectivity index (χ2v) is 6.55. The Balaban J connectivity index is 4.10. The lowest BCUT2D eigenvalue weighted by molar-refractivity contribution is 0.488. The van der Waals surface area contributed by atoms with E-state index in [2.05, 4.69) is 31.9 Å². The Hall–Kier alpha value is 0.870. The molecule has 0 saturated heterocycles. The van der Waals surface area contributed by atoms with Crippen LogP contribution in [0.25, 0.3) is 0 Å². The van der Waals surface area contributed by atoms with Crippen LogP contribution in [0.5, 0.6) is 0 Å². The SMILES string of the molecule is O=S(=O)(O)C(Br)Br. The molecule has 1 N–H and O–H groups in total. The Labute approximate surface area is 58.1 Å². The molecule has 0 aromatic carbocycles. The number of halogens is 2. The Kier molecular flexibility index (Phi) is 2.73. The van der Waals surface area contributed by atoms with Gasteiger partial charge in [-0.1, -0.05) is 31.9 Å². The van der Waals surface area contributed by atoms with Crippen molar-refractivity contribution in [1.29, 1.82) is 0 Å². The summed E-state index contributed by atoms with van der Waals surface area (Å²) in [6, 6.07) is 0. The summed E-state index contributed by atoms with van der Waals surface area (Å²) < 4.78 is 26.5. The molecule has 0 heterocycles. The second kappa shape index (κ2) is 2.43. The van der Waals surface area contributed by atoms with Crippen molar-refractivity contribution in [3.8, 4) is 0 Å². The average Bonchev–Trinajstić information content (AvgIpc) is 1.31. The predicted molar refractivity (Wildman–Crippen MR) is 33.2 cm³/mol. The van der Waals surface area contributed by atoms with Gasteiger partial charge < -0.3 is 0 Å². The quantitative estimate of drug-likeness (QED) is 0.559. The summed E-state index contributed by atoms with van der Waals surface area (Å²) in [7, 11) is -3.91. The van der Waals surface area contributed by atoms with E-state index in [1.165, 1.54) is 0 Å². The van der Waals surface area contributed by atoms with Gasteiger partial charge in [0.15, 0.2) is 3.07 Å². The van der Waals surface area contributed by atoms with Crippen LogP contribution in [0.2, 0.25) is 0 Å². The van der Waals surface area contributed by atoms with E-state index in [-0.39, 0.29) is 0 Å². The van der Waals surface area contributed by atoms with Crippen LogP contribution in [0.3, 0.4) is 0 Å². The maximum atomic E-state index is 9.79. The highest BCUT2D eigenvalue weighted by molar-refractivity contribution is 9.27. The summed E-state index contributed by atoms with van der Waals surface area (Å²) in [6.45, 7) is 0. The molecule has 0 atom stereocenters. The number of hydrogen-bond donors (Lipinski definition) is 1. The maximum Gasteiger partial charge on any atom is 0.288 e. The zero-order valence-corrected chi connectivity index (χ0v) is 6.99. The van der Waals surface area contributed by atoms with E-state index >= 15 is 0 Å². The van der Waals surface area contributed by atoms with Crippen molar-refractivity contribution in [2.75, 3.05) is 0 Å². The number of rotatable bonds is 1. The highest BCUT2D eigenvalue weighted by Crippen LogP contribution is 2.13. The van der Waals surface area contributed by atoms with Crippen LogP contribution in [-0.4, -0.2) is 16.0 Å². The molecule has 7 heavy (non-hydrogen) atoms. The summed E-state index contributed by atoms with van der Waals surface area (Å²) in [6.07, 6.45) is 0. The predicted octanol–water partition coefficient (Wildman–Crippen LogP) is 0.948. The lowest BCUT2D eigenvalue weighted by Gasteiger charge is -1.90. The van der Waals surface area contributed by atoms with Crippen molar-refractivity contribution in [2.45, 2.75) is 3.07 Å². The van der Waals surface area contributed by atoms with Crippen LogP contribution in [0.4, 0.5) is 0 Å². The van der Waals surface area contributed by atoms with Gasteiger partial charge in [0.1, 0.15) is 0 Å². The van der Waals surface area contributed by atoms with Gasteiger partial charge in [-0.3, -0.25) is 4.55 Å². The molecule has 0 unspecified atom stereocenters. The third-order valence-electron chi connectivity index (χ3n) is 0.225. The maximum absolute atomic E-state index is 9.79. The number of alkyl halides is 2. The fourth-order valence-corrected chi connectivity index (χ4v) is 0. The zero-order valence-electron chi connectivity index (χ0n) is 3.01. The van der Waals surface area contributed by atoms with Crippen LogP contribution in [0.1, 0.15) is 0 Å². The lowest BCUT2D eigenvalue weighted by Crippen LogP contribution is -2.04. The largest absolute Gasteiger partial charge is 0.288 e. The molecule has 0 aliphatic rings. The molecule has 0 aliphatic heterocycles. The standard InChI is InChI=1S/CH2Br2O3S/c2-1(3)7(4,5)6/h1H,(H,4,5,6). The summed E-state index contributed by atoms with van der Waals surface area (Å²) in [5, 5.41) is 0. The minimum atomic E-state index is -3.91. The van der Waals surface area contributed by atoms with Gasteiger partial charge in [-0.15, -0.1) is 0 Å². The monoisotopic (exact) mass is 252 g/mol. The molecular formula is CH2Br2O3S. The van der Waals surface area contributed by atoms with E-state index in [4.69, 9.17) is 4.55 Å². The first-order chi connectivity index (χ1) is 2.94. The van der Waals surface area contributed by atoms with Crippen molar-refractivity contribution in [2.24, 2.45) is 0 Å². The van der Waals surface area contributed by atoms with Crippen LogP contribution in [-0.2, 0) is 10.1 Å². The molecule has 0 amide bonds. The number of hydrogen-bond acceptors (Lipinski definition) is 2. The summed E-state index contributed by atoms with van der Waals surface area (Å²) >= 11 is 5.15. The van der Waals surface area contributed by atoms with Crippen molar-refractivity contribution >= 4 is 42.0 Å². The third kappa shape index (κ3) is 3.45. The van der Waals surface area contributed by atoms with E-state index in [9.17, 15) is 8.42 Å². The molecule has 0 radical (unpaired) electrons. The van der Waals surface area contributed by atoms with Crippen molar-refractivity contribution in [3.05, 3.63) is 0 Å². The lowest BCUT2D eigenvalue weighted by atomic mass is 11.9. The van der Waals surface area contributed by atoms with E-state index < -0.39 is 13.2 Å². The fraction of sp³-hybridized carbons (Fsp3) is 1.00. The van der Waals surface area contributed by atoms with Crippen molar-refractivity contribution in [3.63, 3.8) is 0 Å². The summed E-state index contributed by atoms with van der Waals surface area (Å²) in [5.74, 6) is 0. The minimum absolute atomic E-state index is 1.05. The van der Waals surface area contributed by atoms with Gasteiger partial charge in [-0.25, -0.2) is 0 Å². The third-order valence-corrected chi connectivity index (χ3v) is 3.51. The normalized spacial score (nSPS) is 12.6. The summed E-state index contributed by atoms with van der Waals surface area (Å²) in [5.41, 5.74) is 0. The fourth-order valence-electron chi connectivity index (χ4n) is 0. The van der Waals surface area contributed by atoms with Crippen LogP contribution < -0.4 is 0 Å². The van der Waals surface area contributed by atoms with Gasteiger partial charge in [0.2, 0.25) is 0 Å². The van der Waals surface area contributed by atoms with Gasteiger partial charge in [0, 0.05) is 0 Å². The molecule has 0 aliphatic carbocycles. The highest BCUT2D eigenvalue weighted by Gasteiger charge is 2.13. The zero-order chi connectivity index (χ0) is 6.08. The van der Waals surface area contributed by atoms with E-state index in [0.29, 0.717) is 0 Å². The Bertz CT molecular complexity index is 135. The van der Waals surface area contributed by atoms with Gasteiger partial charge >= 0.3 is 0 Å². The Morgan fingerprint density at radius 2 is 1.57 bits per heavy atom. The van der Waals surface area contributed by atoms with Gasteiger partial charge in [-0.2, -0.15) is 8.42 Å². The molecule has 0 spiro atoms. The van der Waals surface area contributed by atoms with Crippen LogP contribution in [0.15, 0.2) is 0 Å². The molecule has 0 rings (SSSR count). The minimum Gasteiger partial charge on any atom is -0.284 e. The summed E-state index contributed by atoms with van der Waals surface area (Å²) in [4.78, 5) is 0. The molecular weight excluding hydrogens is 252 g/mol. The van der Waals surface area contributed by atoms with Gasteiger partial charge in [0.05, 0.1) is 0 Å². The van der Waals surface area contributed by atoms with Crippen LogP contribution in [0, 0.1) is 0 Å². The van der Waals surface area contributed by atoms with Crippen molar-refractivity contribution < 1.29 is 13.0 Å². The Morgan fingerprint density at radius 3 is 1.57 bits per heavy atom. The van der Waals surface area contributed by atoms with Gasteiger partial charge in [0.25, 0.3) is 10.1 Å². The first-order valence-electron chi connectivity index (χ1n) is 1.19. The highest BCUT2D eigenvalue weighted by atomic mass is 79.9. The molecule has 0 bridgehead atoms. The molecule has 44 valence electrons. The molecule has 0 aromatic heterocycles.